The molecule has 0 atom stereocenters. The number of benzene rings is 3. The summed E-state index contributed by atoms with van der Waals surface area (Å²) >= 11 is 1.58. The van der Waals surface area contributed by atoms with Crippen LogP contribution in [0.3, 0.4) is 0 Å². The van der Waals surface area contributed by atoms with Gasteiger partial charge in [0.2, 0.25) is 0 Å². The Kier molecular flexibility index (Phi) is 5.60. The molecule has 5 aromatic rings. The van der Waals surface area contributed by atoms with E-state index in [9.17, 15) is 4.79 Å². The summed E-state index contributed by atoms with van der Waals surface area (Å²) in [5.74, 6) is 0.770. The van der Waals surface area contributed by atoms with Crippen molar-refractivity contribution in [1.82, 2.24) is 14.7 Å². The SMILES string of the molecule is COc1cccc(-c2cn3c(n2)sc2cc(C(=O)NCCCc4ccccc4)ccc23)c1. The molecule has 1 N–H and O–H groups in total. The van der Waals surface area contributed by atoms with Crippen LogP contribution in [0.5, 0.6) is 5.75 Å². The van der Waals surface area contributed by atoms with Crippen LogP contribution >= 0.6 is 11.3 Å². The van der Waals surface area contributed by atoms with Crippen LogP contribution in [0.4, 0.5) is 0 Å². The van der Waals surface area contributed by atoms with Gasteiger partial charge in [0.1, 0.15) is 5.75 Å². The maximum absolute atomic E-state index is 12.6. The quantitative estimate of drug-likeness (QED) is 0.335. The number of nitrogens with one attached hydrogen (secondary N) is 1. The summed E-state index contributed by atoms with van der Waals surface area (Å²) in [6.45, 7) is 0.656. The Morgan fingerprint density at radius 1 is 1.06 bits per heavy atom. The molecule has 0 unspecified atom stereocenters. The molecule has 0 saturated heterocycles. The molecule has 0 spiro atoms. The number of nitrogens with zero attached hydrogens (tertiary/aromatic N) is 2. The number of thiazole rings is 1. The lowest BCUT2D eigenvalue weighted by molar-refractivity contribution is 0.0953. The Morgan fingerprint density at radius 3 is 2.78 bits per heavy atom. The van der Waals surface area contributed by atoms with E-state index < -0.39 is 0 Å². The fraction of sp³-hybridized carbons (Fsp3) is 0.154. The number of hydrogen-bond acceptors (Lipinski definition) is 4. The average molecular weight is 442 g/mol. The molecule has 0 saturated carbocycles. The van der Waals surface area contributed by atoms with Crippen molar-refractivity contribution in [3.8, 4) is 17.0 Å². The molecule has 160 valence electrons. The van der Waals surface area contributed by atoms with E-state index in [1.807, 2.05) is 66.9 Å². The lowest BCUT2D eigenvalue weighted by Crippen LogP contribution is -2.24. The highest BCUT2D eigenvalue weighted by Crippen LogP contribution is 2.31. The van der Waals surface area contributed by atoms with Crippen LogP contribution in [-0.2, 0) is 6.42 Å². The third-order valence-corrected chi connectivity index (χ3v) is 6.51. The van der Waals surface area contributed by atoms with Crippen molar-refractivity contribution in [1.29, 1.82) is 0 Å². The van der Waals surface area contributed by atoms with Gasteiger partial charge in [0, 0.05) is 23.9 Å². The van der Waals surface area contributed by atoms with Crippen LogP contribution in [0.1, 0.15) is 22.3 Å². The van der Waals surface area contributed by atoms with E-state index in [2.05, 4.69) is 21.9 Å². The van der Waals surface area contributed by atoms with Gasteiger partial charge in [-0.25, -0.2) is 4.98 Å². The number of hydrogen-bond donors (Lipinski definition) is 1. The van der Waals surface area contributed by atoms with E-state index in [4.69, 9.17) is 9.72 Å². The number of imidazole rings is 1. The van der Waals surface area contributed by atoms with E-state index in [-0.39, 0.29) is 5.91 Å². The number of carbonyl (C=O) groups is 1. The second-order valence-corrected chi connectivity index (χ2v) is 8.65. The van der Waals surface area contributed by atoms with E-state index in [1.165, 1.54) is 5.56 Å². The molecule has 0 fully saturated rings. The molecular formula is C26H23N3O2S. The maximum Gasteiger partial charge on any atom is 0.251 e. The molecular weight excluding hydrogens is 418 g/mol. The summed E-state index contributed by atoms with van der Waals surface area (Å²) in [5.41, 5.74) is 4.93. The number of amides is 1. The van der Waals surface area contributed by atoms with Gasteiger partial charge in [-0.15, -0.1) is 0 Å². The largest absolute Gasteiger partial charge is 0.497 e. The number of aryl methyl sites for hydroxylation is 1. The minimum absolute atomic E-state index is 0.0388. The lowest BCUT2D eigenvalue weighted by atomic mass is 10.1. The zero-order valence-electron chi connectivity index (χ0n) is 17.7. The maximum atomic E-state index is 12.6. The second kappa shape index (κ2) is 8.85. The van der Waals surface area contributed by atoms with Crippen molar-refractivity contribution in [3.63, 3.8) is 0 Å². The third-order valence-electron chi connectivity index (χ3n) is 5.49. The number of aromatic nitrogens is 2. The van der Waals surface area contributed by atoms with Gasteiger partial charge in [-0.05, 0) is 48.7 Å². The smallest absolute Gasteiger partial charge is 0.251 e. The predicted molar refractivity (Wildman–Crippen MR) is 130 cm³/mol. The number of methoxy groups -OCH3 is 1. The van der Waals surface area contributed by atoms with E-state index >= 15 is 0 Å². The van der Waals surface area contributed by atoms with Gasteiger partial charge in [-0.3, -0.25) is 9.20 Å². The number of fused-ring (bicyclic) bond motifs is 3. The van der Waals surface area contributed by atoms with Crippen LogP contribution < -0.4 is 10.1 Å². The Balaban J connectivity index is 1.30. The third kappa shape index (κ3) is 4.09. The molecule has 1 amide bonds. The van der Waals surface area contributed by atoms with Gasteiger partial charge < -0.3 is 10.1 Å². The summed E-state index contributed by atoms with van der Waals surface area (Å²) in [4.78, 5) is 18.3. The van der Waals surface area contributed by atoms with Crippen LogP contribution in [0.25, 0.3) is 26.4 Å². The first-order valence-corrected chi connectivity index (χ1v) is 11.4. The lowest BCUT2D eigenvalue weighted by Gasteiger charge is -2.06. The summed E-state index contributed by atoms with van der Waals surface area (Å²) in [7, 11) is 1.66. The highest BCUT2D eigenvalue weighted by atomic mass is 32.1. The molecule has 0 radical (unpaired) electrons. The topological polar surface area (TPSA) is 55.6 Å². The van der Waals surface area contributed by atoms with Gasteiger partial charge in [-0.2, -0.15) is 0 Å². The van der Waals surface area contributed by atoms with Crippen molar-refractivity contribution in [2.75, 3.05) is 13.7 Å². The number of carbonyl (C=O) groups excluding carboxylic acids is 1. The molecule has 2 heterocycles. The van der Waals surface area contributed by atoms with Crippen molar-refractivity contribution in [2.24, 2.45) is 0 Å². The minimum Gasteiger partial charge on any atom is -0.497 e. The Morgan fingerprint density at radius 2 is 1.94 bits per heavy atom. The molecule has 32 heavy (non-hydrogen) atoms. The number of rotatable bonds is 7. The monoisotopic (exact) mass is 441 g/mol. The van der Waals surface area contributed by atoms with Crippen molar-refractivity contribution in [2.45, 2.75) is 12.8 Å². The van der Waals surface area contributed by atoms with E-state index in [0.717, 1.165) is 45.0 Å². The van der Waals surface area contributed by atoms with Crippen LogP contribution in [0.2, 0.25) is 0 Å². The average Bonchev–Trinajstić information content (AvgIpc) is 3.40. The first kappa shape index (κ1) is 20.3. The summed E-state index contributed by atoms with van der Waals surface area (Å²) in [5, 5.41) is 3.03. The molecule has 2 aromatic heterocycles. The first-order chi connectivity index (χ1) is 15.7. The molecule has 5 nitrogen and oxygen atoms in total. The summed E-state index contributed by atoms with van der Waals surface area (Å²) in [6.07, 6.45) is 3.90. The van der Waals surface area contributed by atoms with Gasteiger partial charge in [0.15, 0.2) is 4.96 Å². The van der Waals surface area contributed by atoms with E-state index in [1.54, 1.807) is 18.4 Å². The highest BCUT2D eigenvalue weighted by molar-refractivity contribution is 7.23. The molecule has 6 heteroatoms. The normalized spacial score (nSPS) is 11.2. The van der Waals surface area contributed by atoms with E-state index in [0.29, 0.717) is 12.1 Å². The van der Waals surface area contributed by atoms with Crippen molar-refractivity contribution < 1.29 is 9.53 Å². The molecule has 0 bridgehead atoms. The fourth-order valence-corrected chi connectivity index (χ4v) is 4.85. The highest BCUT2D eigenvalue weighted by Gasteiger charge is 2.13. The predicted octanol–water partition coefficient (Wildman–Crippen LogP) is 5.59. The van der Waals surface area contributed by atoms with Gasteiger partial charge >= 0.3 is 0 Å². The van der Waals surface area contributed by atoms with Gasteiger partial charge in [0.05, 0.1) is 23.0 Å². The summed E-state index contributed by atoms with van der Waals surface area (Å²) < 4.78 is 8.45. The van der Waals surface area contributed by atoms with Crippen molar-refractivity contribution >= 4 is 32.4 Å². The zero-order valence-corrected chi connectivity index (χ0v) is 18.6. The minimum atomic E-state index is -0.0388. The molecule has 0 aliphatic carbocycles. The van der Waals surface area contributed by atoms with Crippen LogP contribution in [-0.4, -0.2) is 28.9 Å². The molecule has 0 aliphatic heterocycles. The van der Waals surface area contributed by atoms with Gasteiger partial charge in [-0.1, -0.05) is 53.8 Å². The second-order valence-electron chi connectivity index (χ2n) is 7.64. The standard InChI is InChI=1S/C26H23N3O2S/c1-31-21-11-5-10-19(15-21)22-17-29-23-13-12-20(16-24(23)32-26(29)28-22)25(30)27-14-6-9-18-7-3-2-4-8-18/h2-5,7-8,10-13,15-17H,6,9,14H2,1H3,(H,27,30). The van der Waals surface area contributed by atoms with Gasteiger partial charge in [0.25, 0.3) is 5.91 Å². The fourth-order valence-electron chi connectivity index (χ4n) is 3.80. The first-order valence-electron chi connectivity index (χ1n) is 10.6. The number of ether oxygens (including phenoxy) is 1. The Bertz CT molecular complexity index is 1390. The molecule has 5 rings (SSSR count). The summed E-state index contributed by atoms with van der Waals surface area (Å²) in [6, 6.07) is 24.0. The zero-order chi connectivity index (χ0) is 21.9. The Hall–Kier alpha value is -3.64. The van der Waals surface area contributed by atoms with Crippen molar-refractivity contribution in [3.05, 3.63) is 90.1 Å². The van der Waals surface area contributed by atoms with Crippen LogP contribution in [0.15, 0.2) is 79.0 Å². The molecule has 0 aliphatic rings. The van der Waals surface area contributed by atoms with Crippen LogP contribution in [0, 0.1) is 0 Å². The molecule has 3 aromatic carbocycles. The Labute approximate surface area is 190 Å².